The fourth-order valence-corrected chi connectivity index (χ4v) is 2.65. The van der Waals surface area contributed by atoms with E-state index in [0.717, 1.165) is 35.3 Å². The number of rotatable bonds is 2. The van der Waals surface area contributed by atoms with Crippen LogP contribution in [-0.2, 0) is 4.74 Å². The van der Waals surface area contributed by atoms with Crippen molar-refractivity contribution in [2.75, 3.05) is 18.0 Å². The maximum atomic E-state index is 11.8. The molecule has 5 nitrogen and oxygen atoms in total. The predicted molar refractivity (Wildman–Crippen MR) is 91.6 cm³/mol. The third kappa shape index (κ3) is 5.33. The van der Waals surface area contributed by atoms with Crippen LogP contribution >= 0.6 is 22.6 Å². The Labute approximate surface area is 139 Å². The van der Waals surface area contributed by atoms with E-state index in [2.05, 4.69) is 37.8 Å². The molecular weight excluding hydrogens is 381 g/mol. The number of carbonyl (C=O) groups excluding carboxylic acids is 1. The van der Waals surface area contributed by atoms with Crippen molar-refractivity contribution < 1.29 is 9.53 Å². The first-order valence-corrected chi connectivity index (χ1v) is 8.27. The Kier molecular flexibility index (Phi) is 5.29. The van der Waals surface area contributed by atoms with Crippen LogP contribution in [0, 0.1) is 3.57 Å². The van der Waals surface area contributed by atoms with Crippen molar-refractivity contribution >= 4 is 34.5 Å². The number of carbonyl (C=O) groups is 1. The second kappa shape index (κ2) is 6.81. The Morgan fingerprint density at radius 3 is 2.86 bits per heavy atom. The lowest BCUT2D eigenvalue weighted by Gasteiger charge is -2.34. The van der Waals surface area contributed by atoms with Gasteiger partial charge in [-0.25, -0.2) is 9.78 Å². The number of pyridine rings is 1. The normalized spacial score (nSPS) is 19.2. The molecule has 1 aliphatic rings. The monoisotopic (exact) mass is 403 g/mol. The number of nitrogens with zero attached hydrogens (tertiary/aromatic N) is 2. The molecule has 1 atom stereocenters. The summed E-state index contributed by atoms with van der Waals surface area (Å²) in [5.74, 6) is 0.964. The van der Waals surface area contributed by atoms with Gasteiger partial charge < -0.3 is 15.0 Å². The molecule has 6 heteroatoms. The fraction of sp³-hybridized carbons (Fsp3) is 0.600. The van der Waals surface area contributed by atoms with Crippen LogP contribution in [0.1, 0.15) is 33.6 Å². The predicted octanol–water partition coefficient (Wildman–Crippen LogP) is 3.18. The van der Waals surface area contributed by atoms with Crippen molar-refractivity contribution in [1.82, 2.24) is 10.3 Å². The van der Waals surface area contributed by atoms with Crippen molar-refractivity contribution in [3.8, 4) is 0 Å². The highest BCUT2D eigenvalue weighted by molar-refractivity contribution is 14.1. The van der Waals surface area contributed by atoms with Crippen LogP contribution in [-0.4, -0.2) is 35.8 Å². The zero-order valence-electron chi connectivity index (χ0n) is 12.7. The van der Waals surface area contributed by atoms with Crippen molar-refractivity contribution in [2.45, 2.75) is 45.3 Å². The maximum Gasteiger partial charge on any atom is 0.407 e. The second-order valence-electron chi connectivity index (χ2n) is 6.27. The van der Waals surface area contributed by atoms with Gasteiger partial charge in [-0.2, -0.15) is 0 Å². The fourth-order valence-electron chi connectivity index (χ4n) is 2.33. The quantitative estimate of drug-likeness (QED) is 0.771. The number of hydrogen-bond donors (Lipinski definition) is 1. The van der Waals surface area contributed by atoms with E-state index < -0.39 is 5.60 Å². The summed E-state index contributed by atoms with van der Waals surface area (Å²) < 4.78 is 6.43. The standard InChI is InChI=1S/C15H22IN3O2/c1-15(2,3)21-14(20)18-12-5-4-8-19(10-12)13-7-6-11(16)9-17-13/h6-7,9,12H,4-5,8,10H2,1-3H3,(H,18,20)/t12-/m0/s1. The van der Waals surface area contributed by atoms with Gasteiger partial charge in [0.15, 0.2) is 0 Å². The van der Waals surface area contributed by atoms with E-state index in [4.69, 9.17) is 4.74 Å². The van der Waals surface area contributed by atoms with E-state index in [1.54, 1.807) is 0 Å². The van der Waals surface area contributed by atoms with Gasteiger partial charge in [-0.05, 0) is 68.3 Å². The van der Waals surface area contributed by atoms with Crippen LogP contribution in [0.3, 0.4) is 0 Å². The number of nitrogens with one attached hydrogen (secondary N) is 1. The largest absolute Gasteiger partial charge is 0.444 e. The average molecular weight is 403 g/mol. The Morgan fingerprint density at radius 1 is 1.48 bits per heavy atom. The number of halogens is 1. The number of hydrogen-bond acceptors (Lipinski definition) is 4. The summed E-state index contributed by atoms with van der Waals surface area (Å²) in [6.07, 6.45) is 3.53. The van der Waals surface area contributed by atoms with Gasteiger partial charge in [-0.1, -0.05) is 0 Å². The molecule has 0 unspecified atom stereocenters. The molecule has 1 fully saturated rings. The minimum Gasteiger partial charge on any atom is -0.444 e. The van der Waals surface area contributed by atoms with E-state index >= 15 is 0 Å². The van der Waals surface area contributed by atoms with Gasteiger partial charge in [0.05, 0.1) is 0 Å². The number of piperidine rings is 1. The van der Waals surface area contributed by atoms with E-state index in [9.17, 15) is 4.79 Å². The van der Waals surface area contributed by atoms with E-state index in [1.165, 1.54) is 0 Å². The number of alkyl carbamates (subject to hydrolysis) is 1. The van der Waals surface area contributed by atoms with Crippen LogP contribution in [0.15, 0.2) is 18.3 Å². The highest BCUT2D eigenvalue weighted by Gasteiger charge is 2.24. The van der Waals surface area contributed by atoms with E-state index in [0.29, 0.717) is 0 Å². The van der Waals surface area contributed by atoms with Crippen LogP contribution in [0.5, 0.6) is 0 Å². The Hall–Kier alpha value is -1.05. The first kappa shape index (κ1) is 16.3. The van der Waals surface area contributed by atoms with Crippen LogP contribution in [0.2, 0.25) is 0 Å². The summed E-state index contributed by atoms with van der Waals surface area (Å²) in [4.78, 5) is 18.5. The van der Waals surface area contributed by atoms with Gasteiger partial charge in [0.2, 0.25) is 0 Å². The second-order valence-corrected chi connectivity index (χ2v) is 7.51. The van der Waals surface area contributed by atoms with Gasteiger partial charge in [0.25, 0.3) is 0 Å². The number of ether oxygens (including phenoxy) is 1. The molecule has 0 radical (unpaired) electrons. The van der Waals surface area contributed by atoms with Gasteiger partial charge in [-0.15, -0.1) is 0 Å². The number of amides is 1. The van der Waals surface area contributed by atoms with Gasteiger partial charge in [-0.3, -0.25) is 0 Å². The minimum absolute atomic E-state index is 0.106. The first-order valence-electron chi connectivity index (χ1n) is 7.19. The van der Waals surface area contributed by atoms with Gasteiger partial charge >= 0.3 is 6.09 Å². The van der Waals surface area contributed by atoms with Crippen LogP contribution in [0.25, 0.3) is 0 Å². The molecule has 116 valence electrons. The van der Waals surface area contributed by atoms with Gasteiger partial charge in [0.1, 0.15) is 11.4 Å². The van der Waals surface area contributed by atoms with Crippen molar-refractivity contribution in [3.05, 3.63) is 21.9 Å². The zero-order valence-corrected chi connectivity index (χ0v) is 14.9. The first-order chi connectivity index (χ1) is 9.83. The molecule has 1 saturated heterocycles. The lowest BCUT2D eigenvalue weighted by atomic mass is 10.1. The Morgan fingerprint density at radius 2 is 2.24 bits per heavy atom. The molecule has 2 heterocycles. The highest BCUT2D eigenvalue weighted by atomic mass is 127. The van der Waals surface area contributed by atoms with E-state index in [-0.39, 0.29) is 12.1 Å². The molecule has 2 rings (SSSR count). The molecule has 21 heavy (non-hydrogen) atoms. The number of anilines is 1. The molecule has 1 aromatic rings. The summed E-state index contributed by atoms with van der Waals surface area (Å²) in [6.45, 7) is 7.35. The average Bonchev–Trinajstić information content (AvgIpc) is 2.37. The van der Waals surface area contributed by atoms with Gasteiger partial charge in [0, 0.05) is 28.9 Å². The number of aromatic nitrogens is 1. The third-order valence-corrected chi connectivity index (χ3v) is 3.82. The van der Waals surface area contributed by atoms with Crippen LogP contribution < -0.4 is 10.2 Å². The van der Waals surface area contributed by atoms with E-state index in [1.807, 2.05) is 39.1 Å². The Balaban J connectivity index is 1.91. The summed E-state index contributed by atoms with van der Waals surface area (Å²) in [7, 11) is 0. The molecular formula is C15H22IN3O2. The molecule has 0 aliphatic carbocycles. The third-order valence-electron chi connectivity index (χ3n) is 3.18. The molecule has 1 N–H and O–H groups in total. The summed E-state index contributed by atoms with van der Waals surface area (Å²) >= 11 is 2.25. The van der Waals surface area contributed by atoms with Crippen molar-refractivity contribution in [3.63, 3.8) is 0 Å². The summed E-state index contributed by atoms with van der Waals surface area (Å²) in [5, 5.41) is 2.95. The smallest absolute Gasteiger partial charge is 0.407 e. The molecule has 1 aliphatic heterocycles. The SMILES string of the molecule is CC(C)(C)OC(=O)N[C@H]1CCCN(c2ccc(I)cn2)C1. The molecule has 0 aromatic carbocycles. The lowest BCUT2D eigenvalue weighted by molar-refractivity contribution is 0.0500. The minimum atomic E-state index is -0.462. The topological polar surface area (TPSA) is 54.5 Å². The highest BCUT2D eigenvalue weighted by Crippen LogP contribution is 2.19. The molecule has 1 aromatic heterocycles. The molecule has 1 amide bonds. The molecule has 0 spiro atoms. The van der Waals surface area contributed by atoms with Crippen LogP contribution in [0.4, 0.5) is 10.6 Å². The maximum absolute atomic E-state index is 11.8. The van der Waals surface area contributed by atoms with Crippen molar-refractivity contribution in [2.24, 2.45) is 0 Å². The molecule has 0 bridgehead atoms. The summed E-state index contributed by atoms with van der Waals surface area (Å²) in [6, 6.07) is 4.18. The zero-order chi connectivity index (χ0) is 15.5. The van der Waals surface area contributed by atoms with Crippen molar-refractivity contribution in [1.29, 1.82) is 0 Å². The lowest BCUT2D eigenvalue weighted by Crippen LogP contribution is -2.49. The molecule has 0 saturated carbocycles. The Bertz CT molecular complexity index is 485. The summed E-state index contributed by atoms with van der Waals surface area (Å²) in [5.41, 5.74) is -0.462.